The zero-order chi connectivity index (χ0) is 10.7. The highest BCUT2D eigenvalue weighted by molar-refractivity contribution is 5.85. The molecule has 0 aliphatic heterocycles. The molecular formula is C12H19ClN2O. The van der Waals surface area contributed by atoms with Gasteiger partial charge in [0.05, 0.1) is 7.11 Å². The van der Waals surface area contributed by atoms with Crippen molar-refractivity contribution in [3.63, 3.8) is 0 Å². The molecule has 0 aromatic carbocycles. The first kappa shape index (κ1) is 13.3. The molecule has 2 N–H and O–H groups in total. The largest absolute Gasteiger partial charge is 0.481 e. The van der Waals surface area contributed by atoms with E-state index in [2.05, 4.69) is 4.98 Å². The lowest BCUT2D eigenvalue weighted by Crippen LogP contribution is -2.19. The highest BCUT2D eigenvalue weighted by atomic mass is 35.5. The summed E-state index contributed by atoms with van der Waals surface area (Å²) in [6.45, 7) is 0. The van der Waals surface area contributed by atoms with E-state index in [-0.39, 0.29) is 18.4 Å². The standard InChI is InChI=1S/C12H18N2O.ClH/c1-15-11-7-6-10(8-14-11)12(13)9-4-2-3-5-9;/h6-9,12H,2-5,13H2,1H3;1H/t12-;/m0./s1. The Morgan fingerprint density at radius 1 is 1.38 bits per heavy atom. The Kier molecular flexibility index (Phi) is 5.03. The number of halogens is 1. The quantitative estimate of drug-likeness (QED) is 0.887. The van der Waals surface area contributed by atoms with Crippen molar-refractivity contribution in [2.45, 2.75) is 31.7 Å². The Balaban J connectivity index is 0.00000128. The SMILES string of the molecule is COc1ccc([C@@H](N)C2CCCC2)cn1.Cl. The Morgan fingerprint density at radius 2 is 2.06 bits per heavy atom. The molecule has 3 nitrogen and oxygen atoms in total. The van der Waals surface area contributed by atoms with Crippen LogP contribution in [0, 0.1) is 5.92 Å². The molecule has 0 saturated heterocycles. The highest BCUT2D eigenvalue weighted by Crippen LogP contribution is 2.34. The van der Waals surface area contributed by atoms with Gasteiger partial charge in [-0.25, -0.2) is 4.98 Å². The molecule has 1 aliphatic carbocycles. The summed E-state index contributed by atoms with van der Waals surface area (Å²) in [5.74, 6) is 1.29. The Morgan fingerprint density at radius 3 is 2.56 bits per heavy atom. The van der Waals surface area contributed by atoms with Crippen molar-refractivity contribution in [3.8, 4) is 5.88 Å². The van der Waals surface area contributed by atoms with E-state index in [0.717, 1.165) is 5.56 Å². The lowest BCUT2D eigenvalue weighted by atomic mass is 9.94. The predicted octanol–water partition coefficient (Wildman–Crippen LogP) is 2.70. The molecule has 1 aromatic rings. The molecule has 1 aromatic heterocycles. The molecule has 1 saturated carbocycles. The van der Waals surface area contributed by atoms with Crippen molar-refractivity contribution in [1.82, 2.24) is 4.98 Å². The van der Waals surface area contributed by atoms with Crippen molar-refractivity contribution >= 4 is 12.4 Å². The van der Waals surface area contributed by atoms with Crippen LogP contribution in [0.4, 0.5) is 0 Å². The highest BCUT2D eigenvalue weighted by Gasteiger charge is 2.23. The van der Waals surface area contributed by atoms with E-state index in [1.54, 1.807) is 7.11 Å². The van der Waals surface area contributed by atoms with Crippen LogP contribution in [0.25, 0.3) is 0 Å². The number of nitrogens with zero attached hydrogens (tertiary/aromatic N) is 1. The second-order valence-electron chi connectivity index (χ2n) is 4.20. The molecule has 90 valence electrons. The summed E-state index contributed by atoms with van der Waals surface area (Å²) in [5, 5.41) is 0. The van der Waals surface area contributed by atoms with E-state index in [0.29, 0.717) is 11.8 Å². The van der Waals surface area contributed by atoms with Gasteiger partial charge in [0, 0.05) is 18.3 Å². The minimum Gasteiger partial charge on any atom is -0.481 e. The summed E-state index contributed by atoms with van der Waals surface area (Å²) in [5.41, 5.74) is 7.34. The lowest BCUT2D eigenvalue weighted by molar-refractivity contribution is 0.395. The number of rotatable bonds is 3. The summed E-state index contributed by atoms with van der Waals surface area (Å²) in [7, 11) is 1.62. The average molecular weight is 243 g/mol. The van der Waals surface area contributed by atoms with Crippen molar-refractivity contribution in [2.75, 3.05) is 7.11 Å². The zero-order valence-electron chi connectivity index (χ0n) is 9.56. The maximum absolute atomic E-state index is 6.21. The Labute approximate surface area is 103 Å². The van der Waals surface area contributed by atoms with Gasteiger partial charge in [0.1, 0.15) is 0 Å². The van der Waals surface area contributed by atoms with Crippen LogP contribution in [0.1, 0.15) is 37.3 Å². The minimum absolute atomic E-state index is 0. The molecule has 0 unspecified atom stereocenters. The van der Waals surface area contributed by atoms with Gasteiger partial charge in [-0.1, -0.05) is 18.9 Å². The van der Waals surface area contributed by atoms with Gasteiger partial charge in [0.2, 0.25) is 5.88 Å². The van der Waals surface area contributed by atoms with Crippen LogP contribution in [0.3, 0.4) is 0 Å². The third-order valence-electron chi connectivity index (χ3n) is 3.26. The number of pyridine rings is 1. The molecule has 1 fully saturated rings. The first-order chi connectivity index (χ1) is 7.31. The van der Waals surface area contributed by atoms with Gasteiger partial charge in [-0.3, -0.25) is 0 Å². The van der Waals surface area contributed by atoms with E-state index in [9.17, 15) is 0 Å². The molecular weight excluding hydrogens is 224 g/mol. The fraction of sp³-hybridized carbons (Fsp3) is 0.583. The van der Waals surface area contributed by atoms with E-state index in [1.807, 2.05) is 18.3 Å². The number of hydrogen-bond acceptors (Lipinski definition) is 3. The van der Waals surface area contributed by atoms with Gasteiger partial charge in [-0.15, -0.1) is 12.4 Å². The molecule has 0 amide bonds. The average Bonchev–Trinajstić information content (AvgIpc) is 2.82. The molecule has 1 aliphatic rings. The normalized spacial score (nSPS) is 17.9. The number of methoxy groups -OCH3 is 1. The number of hydrogen-bond donors (Lipinski definition) is 1. The minimum atomic E-state index is 0. The first-order valence-corrected chi connectivity index (χ1v) is 5.57. The van der Waals surface area contributed by atoms with Crippen LogP contribution in [0.15, 0.2) is 18.3 Å². The Bertz CT molecular complexity index is 309. The summed E-state index contributed by atoms with van der Waals surface area (Å²) in [4.78, 5) is 4.19. The summed E-state index contributed by atoms with van der Waals surface area (Å²) < 4.78 is 5.02. The van der Waals surface area contributed by atoms with E-state index in [4.69, 9.17) is 10.5 Å². The summed E-state index contributed by atoms with van der Waals surface area (Å²) >= 11 is 0. The van der Waals surface area contributed by atoms with Gasteiger partial charge in [-0.05, 0) is 24.3 Å². The molecule has 0 bridgehead atoms. The Hall–Kier alpha value is -0.800. The van der Waals surface area contributed by atoms with Gasteiger partial charge in [0.15, 0.2) is 0 Å². The molecule has 1 heterocycles. The molecule has 1 atom stereocenters. The molecule has 0 radical (unpaired) electrons. The smallest absolute Gasteiger partial charge is 0.212 e. The van der Waals surface area contributed by atoms with Crippen molar-refractivity contribution in [1.29, 1.82) is 0 Å². The van der Waals surface area contributed by atoms with Crippen molar-refractivity contribution in [2.24, 2.45) is 11.7 Å². The van der Waals surface area contributed by atoms with Crippen LogP contribution >= 0.6 is 12.4 Å². The van der Waals surface area contributed by atoms with Crippen LogP contribution in [0.5, 0.6) is 5.88 Å². The van der Waals surface area contributed by atoms with Gasteiger partial charge < -0.3 is 10.5 Å². The van der Waals surface area contributed by atoms with Crippen LogP contribution in [-0.4, -0.2) is 12.1 Å². The van der Waals surface area contributed by atoms with E-state index in [1.165, 1.54) is 25.7 Å². The van der Waals surface area contributed by atoms with Crippen LogP contribution < -0.4 is 10.5 Å². The van der Waals surface area contributed by atoms with Crippen LogP contribution in [0.2, 0.25) is 0 Å². The van der Waals surface area contributed by atoms with Gasteiger partial charge in [-0.2, -0.15) is 0 Å². The number of aromatic nitrogens is 1. The van der Waals surface area contributed by atoms with Crippen molar-refractivity contribution < 1.29 is 4.74 Å². The van der Waals surface area contributed by atoms with E-state index >= 15 is 0 Å². The maximum Gasteiger partial charge on any atom is 0.212 e. The molecule has 16 heavy (non-hydrogen) atoms. The fourth-order valence-electron chi connectivity index (χ4n) is 2.30. The maximum atomic E-state index is 6.21. The molecule has 4 heteroatoms. The molecule has 2 rings (SSSR count). The topological polar surface area (TPSA) is 48.1 Å². The monoisotopic (exact) mass is 242 g/mol. The van der Waals surface area contributed by atoms with Gasteiger partial charge >= 0.3 is 0 Å². The first-order valence-electron chi connectivity index (χ1n) is 5.57. The number of ether oxygens (including phenoxy) is 1. The second-order valence-corrected chi connectivity index (χ2v) is 4.20. The summed E-state index contributed by atoms with van der Waals surface area (Å²) in [6, 6.07) is 4.05. The predicted molar refractivity (Wildman–Crippen MR) is 66.9 cm³/mol. The van der Waals surface area contributed by atoms with E-state index < -0.39 is 0 Å². The van der Waals surface area contributed by atoms with Crippen LogP contribution in [-0.2, 0) is 0 Å². The second kappa shape index (κ2) is 6.06. The third kappa shape index (κ3) is 2.86. The molecule has 0 spiro atoms. The summed E-state index contributed by atoms with van der Waals surface area (Å²) in [6.07, 6.45) is 6.99. The lowest BCUT2D eigenvalue weighted by Gasteiger charge is -2.18. The zero-order valence-corrected chi connectivity index (χ0v) is 10.4. The number of nitrogens with two attached hydrogens (primary N) is 1. The van der Waals surface area contributed by atoms with Crippen molar-refractivity contribution in [3.05, 3.63) is 23.9 Å². The fourth-order valence-corrected chi connectivity index (χ4v) is 2.30. The third-order valence-corrected chi connectivity index (χ3v) is 3.26. The van der Waals surface area contributed by atoms with Gasteiger partial charge in [0.25, 0.3) is 0 Å².